The first-order valence-electron chi connectivity index (χ1n) is 8.15. The number of nitrogens with zero attached hydrogens (tertiary/aromatic N) is 1. The first kappa shape index (κ1) is 18.5. The third kappa shape index (κ3) is 5.61. The largest absolute Gasteiger partial charge is 0.380 e. The Morgan fingerprint density at radius 1 is 1.20 bits per heavy atom. The van der Waals surface area contributed by atoms with Crippen LogP contribution in [0.1, 0.15) is 28.4 Å². The number of nitrogens with one attached hydrogen (secondary N) is 2. The van der Waals surface area contributed by atoms with Crippen LogP contribution in [0, 0.1) is 0 Å². The molecule has 0 radical (unpaired) electrons. The molecule has 4 N–H and O–H groups in total. The van der Waals surface area contributed by atoms with E-state index in [-0.39, 0.29) is 5.91 Å². The predicted octanol–water partition coefficient (Wildman–Crippen LogP) is 2.51. The van der Waals surface area contributed by atoms with E-state index >= 15 is 0 Å². The summed E-state index contributed by atoms with van der Waals surface area (Å²) in [6, 6.07) is 15.1. The Morgan fingerprint density at radius 3 is 2.76 bits per heavy atom. The minimum atomic E-state index is -0.0899. The molecule has 0 spiro atoms. The normalized spacial score (nSPS) is 11.2. The Morgan fingerprint density at radius 2 is 2.00 bits per heavy atom. The number of hydrogen-bond donors (Lipinski definition) is 3. The predicted molar refractivity (Wildman–Crippen MR) is 101 cm³/mol. The zero-order valence-corrected chi connectivity index (χ0v) is 14.6. The summed E-state index contributed by atoms with van der Waals surface area (Å²) in [5.41, 5.74) is 9.38. The lowest BCUT2D eigenvalue weighted by Crippen LogP contribution is -2.23. The highest BCUT2D eigenvalue weighted by Gasteiger charge is 2.05. The molecule has 0 atom stereocenters. The van der Waals surface area contributed by atoms with Crippen molar-refractivity contribution < 1.29 is 9.53 Å². The third-order valence-corrected chi connectivity index (χ3v) is 3.54. The molecule has 6 heteroatoms. The molecule has 1 amide bonds. The summed E-state index contributed by atoms with van der Waals surface area (Å²) in [4.78, 5) is 16.2. The zero-order valence-electron chi connectivity index (χ0n) is 14.6. The van der Waals surface area contributed by atoms with Gasteiger partial charge < -0.3 is 21.1 Å². The molecule has 0 aliphatic heterocycles. The van der Waals surface area contributed by atoms with Crippen LogP contribution in [0.5, 0.6) is 0 Å². The smallest absolute Gasteiger partial charge is 0.251 e. The standard InChI is InChI=1S/C19H24N4O2/c1-3-21-18(24)15-9-6-7-14(11-15)12-22-19(20)23-17-10-5-4-8-16(17)13-25-2/h4-11H,3,12-13H2,1-2H3,(H,21,24)(H3,20,22,23). The van der Waals surface area contributed by atoms with Gasteiger partial charge in [-0.3, -0.25) is 4.79 Å². The first-order chi connectivity index (χ1) is 12.1. The number of methoxy groups -OCH3 is 1. The van der Waals surface area contributed by atoms with Crippen molar-refractivity contribution in [3.05, 3.63) is 65.2 Å². The molecule has 2 aromatic rings. The highest BCUT2D eigenvalue weighted by atomic mass is 16.5. The Kier molecular flexibility index (Phi) is 6.98. The molecule has 132 valence electrons. The Hall–Kier alpha value is -2.86. The summed E-state index contributed by atoms with van der Waals surface area (Å²) in [5, 5.41) is 5.87. The van der Waals surface area contributed by atoms with E-state index in [1.807, 2.05) is 49.4 Å². The average molecular weight is 340 g/mol. The van der Waals surface area contributed by atoms with E-state index < -0.39 is 0 Å². The molecular formula is C19H24N4O2. The number of benzene rings is 2. The summed E-state index contributed by atoms with van der Waals surface area (Å²) in [6.45, 7) is 3.36. The van der Waals surface area contributed by atoms with E-state index in [0.717, 1.165) is 16.8 Å². The van der Waals surface area contributed by atoms with Gasteiger partial charge in [0, 0.05) is 30.5 Å². The summed E-state index contributed by atoms with van der Waals surface area (Å²) in [7, 11) is 1.65. The number of para-hydroxylation sites is 1. The minimum absolute atomic E-state index is 0.0899. The van der Waals surface area contributed by atoms with Gasteiger partial charge in [-0.2, -0.15) is 0 Å². The van der Waals surface area contributed by atoms with Gasteiger partial charge in [-0.1, -0.05) is 30.3 Å². The molecular weight excluding hydrogens is 316 g/mol. The number of carbonyl (C=O) groups excluding carboxylic acids is 1. The van der Waals surface area contributed by atoms with Gasteiger partial charge in [-0.15, -0.1) is 0 Å². The van der Waals surface area contributed by atoms with Crippen LogP contribution in [0.2, 0.25) is 0 Å². The van der Waals surface area contributed by atoms with E-state index in [4.69, 9.17) is 10.5 Å². The minimum Gasteiger partial charge on any atom is -0.380 e. The molecule has 0 unspecified atom stereocenters. The molecule has 2 rings (SSSR count). The maximum atomic E-state index is 11.9. The van der Waals surface area contributed by atoms with Gasteiger partial charge >= 0.3 is 0 Å². The second-order valence-corrected chi connectivity index (χ2v) is 5.48. The van der Waals surface area contributed by atoms with Crippen LogP contribution in [0.15, 0.2) is 53.5 Å². The van der Waals surface area contributed by atoms with Gasteiger partial charge in [-0.25, -0.2) is 4.99 Å². The van der Waals surface area contributed by atoms with Crippen LogP contribution in [0.3, 0.4) is 0 Å². The molecule has 6 nitrogen and oxygen atoms in total. The van der Waals surface area contributed by atoms with E-state index in [9.17, 15) is 4.79 Å². The topological polar surface area (TPSA) is 88.7 Å². The monoisotopic (exact) mass is 340 g/mol. The van der Waals surface area contributed by atoms with Crippen molar-refractivity contribution >= 4 is 17.6 Å². The molecule has 0 saturated carbocycles. The highest BCUT2D eigenvalue weighted by Crippen LogP contribution is 2.15. The summed E-state index contributed by atoms with van der Waals surface area (Å²) >= 11 is 0. The lowest BCUT2D eigenvalue weighted by atomic mass is 10.1. The van der Waals surface area contributed by atoms with Crippen LogP contribution in [0.25, 0.3) is 0 Å². The lowest BCUT2D eigenvalue weighted by molar-refractivity contribution is 0.0955. The van der Waals surface area contributed by atoms with E-state index in [1.165, 1.54) is 0 Å². The van der Waals surface area contributed by atoms with Crippen LogP contribution in [0.4, 0.5) is 5.69 Å². The maximum Gasteiger partial charge on any atom is 0.251 e. The van der Waals surface area contributed by atoms with Crippen LogP contribution >= 0.6 is 0 Å². The van der Waals surface area contributed by atoms with Gasteiger partial charge in [-0.05, 0) is 30.7 Å². The second kappa shape index (κ2) is 9.44. The summed E-state index contributed by atoms with van der Waals surface area (Å²) in [5.74, 6) is 0.222. The Labute approximate surface area is 148 Å². The van der Waals surface area contributed by atoms with Gasteiger partial charge in [0.25, 0.3) is 5.91 Å². The van der Waals surface area contributed by atoms with Crippen LogP contribution < -0.4 is 16.4 Å². The molecule has 0 aliphatic rings. The molecule has 0 bridgehead atoms. The lowest BCUT2D eigenvalue weighted by Gasteiger charge is -2.11. The van der Waals surface area contributed by atoms with E-state index in [0.29, 0.717) is 31.2 Å². The number of amides is 1. The average Bonchev–Trinajstić information content (AvgIpc) is 2.62. The zero-order chi connectivity index (χ0) is 18.1. The van der Waals surface area contributed by atoms with Crippen LogP contribution in [-0.4, -0.2) is 25.5 Å². The summed E-state index contributed by atoms with van der Waals surface area (Å²) < 4.78 is 5.18. The fraction of sp³-hybridized carbons (Fsp3) is 0.263. The first-order valence-corrected chi connectivity index (χ1v) is 8.15. The van der Waals surface area contributed by atoms with Crippen molar-refractivity contribution in [2.24, 2.45) is 10.7 Å². The Balaban J connectivity index is 2.04. The van der Waals surface area contributed by atoms with Gasteiger partial charge in [0.05, 0.1) is 13.2 Å². The van der Waals surface area contributed by atoms with Crippen molar-refractivity contribution in [3.63, 3.8) is 0 Å². The maximum absolute atomic E-state index is 11.9. The number of anilines is 1. The number of carbonyl (C=O) groups is 1. The molecule has 2 aromatic carbocycles. The number of nitrogens with two attached hydrogens (primary N) is 1. The molecule has 0 aliphatic carbocycles. The number of rotatable bonds is 7. The molecule has 0 saturated heterocycles. The van der Waals surface area contributed by atoms with E-state index in [2.05, 4.69) is 15.6 Å². The molecule has 0 aromatic heterocycles. The second-order valence-electron chi connectivity index (χ2n) is 5.48. The fourth-order valence-electron chi connectivity index (χ4n) is 2.35. The van der Waals surface area contributed by atoms with Crippen LogP contribution in [-0.2, 0) is 17.9 Å². The van der Waals surface area contributed by atoms with Crippen molar-refractivity contribution in [3.8, 4) is 0 Å². The third-order valence-electron chi connectivity index (χ3n) is 3.54. The molecule has 0 fully saturated rings. The van der Waals surface area contributed by atoms with Crippen molar-refractivity contribution in [1.29, 1.82) is 0 Å². The molecule has 0 heterocycles. The van der Waals surface area contributed by atoms with Crippen molar-refractivity contribution in [2.75, 3.05) is 19.0 Å². The van der Waals surface area contributed by atoms with E-state index in [1.54, 1.807) is 13.2 Å². The number of ether oxygens (including phenoxy) is 1. The highest BCUT2D eigenvalue weighted by molar-refractivity contribution is 5.94. The quantitative estimate of drug-likeness (QED) is 0.534. The SMILES string of the molecule is CCNC(=O)c1cccc(CN=C(N)Nc2ccccc2COC)c1. The number of guanidine groups is 1. The van der Waals surface area contributed by atoms with Gasteiger partial charge in [0.2, 0.25) is 0 Å². The van der Waals surface area contributed by atoms with Gasteiger partial charge in [0.1, 0.15) is 0 Å². The number of hydrogen-bond acceptors (Lipinski definition) is 3. The Bertz CT molecular complexity index is 744. The summed E-state index contributed by atoms with van der Waals surface area (Å²) in [6.07, 6.45) is 0. The van der Waals surface area contributed by atoms with Crippen molar-refractivity contribution in [1.82, 2.24) is 5.32 Å². The fourth-order valence-corrected chi connectivity index (χ4v) is 2.35. The van der Waals surface area contributed by atoms with Crippen molar-refractivity contribution in [2.45, 2.75) is 20.1 Å². The number of aliphatic imine (C=N–C) groups is 1. The molecule has 25 heavy (non-hydrogen) atoms. The van der Waals surface area contributed by atoms with Gasteiger partial charge in [0.15, 0.2) is 5.96 Å².